The smallest absolute Gasteiger partial charge is 0.242 e. The van der Waals surface area contributed by atoms with Crippen molar-refractivity contribution in [2.75, 3.05) is 23.7 Å². The Morgan fingerprint density at radius 2 is 1.78 bits per heavy atom. The Kier molecular flexibility index (Phi) is 11.5. The van der Waals surface area contributed by atoms with Gasteiger partial charge < -0.3 is 10.2 Å². The van der Waals surface area contributed by atoms with Crippen molar-refractivity contribution in [2.24, 2.45) is 0 Å². The van der Waals surface area contributed by atoms with Crippen molar-refractivity contribution >= 4 is 50.7 Å². The summed E-state index contributed by atoms with van der Waals surface area (Å²) in [7, 11) is -3.60. The molecule has 36 heavy (non-hydrogen) atoms. The monoisotopic (exact) mass is 555 g/mol. The van der Waals surface area contributed by atoms with Gasteiger partial charge in [-0.15, -0.1) is 0 Å². The molecule has 1 N–H and O–H groups in total. The number of aryl methyl sites for hydroxylation is 1. The standard InChI is InChI=1S/C26H35Cl2N3O4S/c1-5-6-15-29-26(33)20(3)30(18-21-10-7-8-11-23(21)28)25(32)12-9-16-31(36(4,34)35)24-17-22(27)14-13-19(24)2/h7-8,10-11,13-14,17,20H,5-6,9,12,15-16,18H2,1-4H3,(H,29,33)/t20-/m0/s1. The van der Waals surface area contributed by atoms with Gasteiger partial charge in [0, 0.05) is 36.1 Å². The molecule has 0 saturated heterocycles. The van der Waals surface area contributed by atoms with Gasteiger partial charge in [-0.05, 0) is 56.0 Å². The normalized spacial score (nSPS) is 12.2. The third-order valence-electron chi connectivity index (χ3n) is 5.89. The number of rotatable bonds is 13. The molecule has 0 bridgehead atoms. The Morgan fingerprint density at radius 3 is 2.42 bits per heavy atom. The topological polar surface area (TPSA) is 86.8 Å². The summed E-state index contributed by atoms with van der Waals surface area (Å²) < 4.78 is 26.3. The molecule has 0 aliphatic heterocycles. The second-order valence-corrected chi connectivity index (χ2v) is 11.6. The number of amides is 2. The molecule has 0 radical (unpaired) electrons. The number of hydrogen-bond acceptors (Lipinski definition) is 4. The molecule has 2 aromatic carbocycles. The van der Waals surface area contributed by atoms with Crippen LogP contribution in [0.15, 0.2) is 42.5 Å². The number of anilines is 1. The quantitative estimate of drug-likeness (QED) is 0.345. The predicted octanol–water partition coefficient (Wildman–Crippen LogP) is 5.18. The van der Waals surface area contributed by atoms with Gasteiger partial charge in [-0.25, -0.2) is 8.42 Å². The maximum Gasteiger partial charge on any atom is 0.242 e. The van der Waals surface area contributed by atoms with Crippen LogP contribution in [0, 0.1) is 6.92 Å². The van der Waals surface area contributed by atoms with Crippen LogP contribution in [0.4, 0.5) is 5.69 Å². The van der Waals surface area contributed by atoms with E-state index in [1.54, 1.807) is 44.2 Å². The van der Waals surface area contributed by atoms with Crippen molar-refractivity contribution in [3.63, 3.8) is 0 Å². The van der Waals surface area contributed by atoms with Crippen LogP contribution in [0.3, 0.4) is 0 Å². The number of nitrogens with one attached hydrogen (secondary N) is 1. The lowest BCUT2D eigenvalue weighted by Crippen LogP contribution is -2.48. The fourth-order valence-electron chi connectivity index (χ4n) is 3.76. The molecule has 0 fully saturated rings. The van der Waals surface area contributed by atoms with E-state index in [9.17, 15) is 18.0 Å². The lowest BCUT2D eigenvalue weighted by atomic mass is 10.1. The van der Waals surface area contributed by atoms with Crippen molar-refractivity contribution in [3.05, 3.63) is 63.6 Å². The first-order chi connectivity index (χ1) is 17.0. The van der Waals surface area contributed by atoms with Crippen molar-refractivity contribution in [1.29, 1.82) is 0 Å². The lowest BCUT2D eigenvalue weighted by molar-refractivity contribution is -0.140. The molecule has 1 atom stereocenters. The van der Waals surface area contributed by atoms with E-state index >= 15 is 0 Å². The Morgan fingerprint density at radius 1 is 1.08 bits per heavy atom. The van der Waals surface area contributed by atoms with Gasteiger partial charge in [0.15, 0.2) is 0 Å². The van der Waals surface area contributed by atoms with E-state index in [2.05, 4.69) is 5.32 Å². The number of benzene rings is 2. The van der Waals surface area contributed by atoms with E-state index in [1.807, 2.05) is 19.1 Å². The van der Waals surface area contributed by atoms with Crippen LogP contribution in [0.25, 0.3) is 0 Å². The molecule has 0 aliphatic carbocycles. The fraction of sp³-hybridized carbons (Fsp3) is 0.462. The molecule has 7 nitrogen and oxygen atoms in total. The number of carbonyl (C=O) groups excluding carboxylic acids is 2. The van der Waals surface area contributed by atoms with E-state index in [-0.39, 0.29) is 37.7 Å². The molecular weight excluding hydrogens is 521 g/mol. The summed E-state index contributed by atoms with van der Waals surface area (Å²) in [5.74, 6) is -0.500. The first-order valence-electron chi connectivity index (χ1n) is 12.0. The highest BCUT2D eigenvalue weighted by atomic mass is 35.5. The van der Waals surface area contributed by atoms with Gasteiger partial charge in [-0.2, -0.15) is 0 Å². The maximum absolute atomic E-state index is 13.3. The molecule has 2 rings (SSSR count). The maximum atomic E-state index is 13.3. The SMILES string of the molecule is CCCCNC(=O)[C@H](C)N(Cc1ccccc1Cl)C(=O)CCCN(c1cc(Cl)ccc1C)S(C)(=O)=O. The third kappa shape index (κ3) is 8.68. The van der Waals surface area contributed by atoms with Crippen molar-refractivity contribution < 1.29 is 18.0 Å². The first-order valence-corrected chi connectivity index (χ1v) is 14.6. The van der Waals surface area contributed by atoms with E-state index in [0.29, 0.717) is 22.3 Å². The number of unbranched alkanes of at least 4 members (excludes halogenated alkanes) is 1. The highest BCUT2D eigenvalue weighted by Crippen LogP contribution is 2.27. The summed E-state index contributed by atoms with van der Waals surface area (Å²) in [6.45, 7) is 6.34. The molecular formula is C26H35Cl2N3O4S. The number of nitrogens with zero attached hydrogens (tertiary/aromatic N) is 2. The summed E-state index contributed by atoms with van der Waals surface area (Å²) in [6.07, 6.45) is 3.24. The molecule has 10 heteroatoms. The Hall–Kier alpha value is -2.29. The van der Waals surface area contributed by atoms with Crippen LogP contribution in [0.2, 0.25) is 10.0 Å². The highest BCUT2D eigenvalue weighted by Gasteiger charge is 2.27. The molecule has 0 saturated carbocycles. The Bertz CT molecular complexity index is 1160. The van der Waals surface area contributed by atoms with Gasteiger partial charge in [0.25, 0.3) is 0 Å². The molecule has 2 aromatic rings. The van der Waals surface area contributed by atoms with Crippen molar-refractivity contribution in [3.8, 4) is 0 Å². The molecule has 2 amide bonds. The lowest BCUT2D eigenvalue weighted by Gasteiger charge is -2.30. The summed E-state index contributed by atoms with van der Waals surface area (Å²) in [6, 6.07) is 11.5. The highest BCUT2D eigenvalue weighted by molar-refractivity contribution is 7.92. The van der Waals surface area contributed by atoms with Crippen LogP contribution in [-0.4, -0.2) is 50.5 Å². The molecule has 0 spiro atoms. The summed E-state index contributed by atoms with van der Waals surface area (Å²) in [5, 5.41) is 3.81. The van der Waals surface area contributed by atoms with Crippen LogP contribution in [0.5, 0.6) is 0 Å². The molecule has 0 unspecified atom stereocenters. The summed E-state index contributed by atoms with van der Waals surface area (Å²) in [4.78, 5) is 27.6. The largest absolute Gasteiger partial charge is 0.354 e. The van der Waals surface area contributed by atoms with Gasteiger partial charge in [-0.1, -0.05) is 60.8 Å². The zero-order valence-corrected chi connectivity index (χ0v) is 23.6. The number of halogens is 2. The van der Waals surface area contributed by atoms with Crippen LogP contribution in [-0.2, 0) is 26.2 Å². The minimum atomic E-state index is -3.60. The van der Waals surface area contributed by atoms with Crippen LogP contribution < -0.4 is 9.62 Å². The second-order valence-electron chi connectivity index (χ2n) is 8.80. The minimum Gasteiger partial charge on any atom is -0.354 e. The van der Waals surface area contributed by atoms with Crippen LogP contribution >= 0.6 is 23.2 Å². The number of carbonyl (C=O) groups is 2. The second kappa shape index (κ2) is 13.9. The molecule has 198 valence electrons. The third-order valence-corrected chi connectivity index (χ3v) is 7.67. The van der Waals surface area contributed by atoms with E-state index in [4.69, 9.17) is 23.2 Å². The average molecular weight is 557 g/mol. The van der Waals surface area contributed by atoms with E-state index in [1.165, 1.54) is 9.21 Å². The van der Waals surface area contributed by atoms with Crippen molar-refractivity contribution in [1.82, 2.24) is 10.2 Å². The summed E-state index contributed by atoms with van der Waals surface area (Å²) >= 11 is 12.4. The fourth-order valence-corrected chi connectivity index (χ4v) is 5.14. The van der Waals surface area contributed by atoms with Gasteiger partial charge >= 0.3 is 0 Å². The van der Waals surface area contributed by atoms with Gasteiger partial charge in [0.2, 0.25) is 21.8 Å². The minimum absolute atomic E-state index is 0.0582. The number of hydrogen-bond donors (Lipinski definition) is 1. The predicted molar refractivity (Wildman–Crippen MR) is 147 cm³/mol. The molecule has 0 heterocycles. The number of sulfonamides is 1. The van der Waals surface area contributed by atoms with Crippen molar-refractivity contribution in [2.45, 2.75) is 59.0 Å². The van der Waals surface area contributed by atoms with E-state index < -0.39 is 16.1 Å². The molecule has 0 aliphatic rings. The summed E-state index contributed by atoms with van der Waals surface area (Å²) in [5.41, 5.74) is 1.97. The zero-order chi connectivity index (χ0) is 26.9. The average Bonchev–Trinajstić information content (AvgIpc) is 2.81. The molecule has 0 aromatic heterocycles. The van der Waals surface area contributed by atoms with Gasteiger partial charge in [0.1, 0.15) is 6.04 Å². The Balaban J connectivity index is 2.19. The van der Waals surface area contributed by atoms with Crippen LogP contribution in [0.1, 0.15) is 50.7 Å². The van der Waals surface area contributed by atoms with Gasteiger partial charge in [0.05, 0.1) is 11.9 Å². The van der Waals surface area contributed by atoms with E-state index in [0.717, 1.165) is 30.2 Å². The first kappa shape index (κ1) is 29.9. The Labute approximate surface area is 224 Å². The van der Waals surface area contributed by atoms with Gasteiger partial charge in [-0.3, -0.25) is 13.9 Å². The zero-order valence-electron chi connectivity index (χ0n) is 21.3.